The molecule has 4 rings (SSSR count). The molecule has 0 aliphatic carbocycles. The third-order valence-corrected chi connectivity index (χ3v) is 7.42. The highest BCUT2D eigenvalue weighted by Crippen LogP contribution is 2.41. The first-order chi connectivity index (χ1) is 22.6. The van der Waals surface area contributed by atoms with Crippen LogP contribution in [0.3, 0.4) is 0 Å². The second-order valence-electron chi connectivity index (χ2n) is 10.5. The fraction of sp³-hybridized carbons (Fsp3) is 0.406. The van der Waals surface area contributed by atoms with E-state index in [1.165, 1.54) is 0 Å². The molecular weight excluding hydrogens is 623 g/mol. The lowest BCUT2D eigenvalue weighted by Gasteiger charge is -2.25. The second-order valence-corrected chi connectivity index (χ2v) is 10.5. The van der Waals surface area contributed by atoms with Crippen molar-refractivity contribution in [2.45, 2.75) is 70.9 Å². The molecule has 1 aliphatic rings. The van der Waals surface area contributed by atoms with E-state index in [9.17, 15) is 29.1 Å². The fourth-order valence-electron chi connectivity index (χ4n) is 4.77. The number of carbonyl (C=O) groups is 3. The normalized spacial score (nSPS) is 20.4. The Hall–Kier alpha value is -5.02. The highest BCUT2D eigenvalue weighted by molar-refractivity contribution is 5.72. The lowest BCUT2D eigenvalue weighted by Crippen LogP contribution is -2.47. The summed E-state index contributed by atoms with van der Waals surface area (Å²) >= 11 is 0. The van der Waals surface area contributed by atoms with Gasteiger partial charge in [0.25, 0.3) is 11.4 Å². The van der Waals surface area contributed by atoms with Crippen molar-refractivity contribution in [3.05, 3.63) is 105 Å². The number of alkyl halides is 1. The molecule has 47 heavy (non-hydrogen) atoms. The summed E-state index contributed by atoms with van der Waals surface area (Å²) in [5.74, 6) is -4.34. The van der Waals surface area contributed by atoms with E-state index in [1.807, 2.05) is 0 Å². The summed E-state index contributed by atoms with van der Waals surface area (Å²) in [6.45, 7) is 0.841. The van der Waals surface area contributed by atoms with Crippen molar-refractivity contribution < 1.29 is 52.3 Å². The molecule has 1 aromatic heterocycles. The highest BCUT2D eigenvalue weighted by atomic mass is 19.2. The van der Waals surface area contributed by atoms with Crippen LogP contribution in [0, 0.1) is 5.92 Å². The van der Waals surface area contributed by atoms with Crippen LogP contribution < -0.4 is 11.2 Å². The average molecular weight is 659 g/mol. The van der Waals surface area contributed by atoms with E-state index in [1.54, 1.807) is 74.5 Å². The summed E-state index contributed by atoms with van der Waals surface area (Å²) in [6.07, 6.45) is -6.98. The first-order valence-corrected chi connectivity index (χ1v) is 14.8. The Bertz CT molecular complexity index is 1630. The van der Waals surface area contributed by atoms with Gasteiger partial charge in [0.05, 0.1) is 5.92 Å². The van der Waals surface area contributed by atoms with Gasteiger partial charge in [-0.3, -0.25) is 14.2 Å². The number of nitrogens with zero attached hydrogens (tertiary/aromatic N) is 2. The summed E-state index contributed by atoms with van der Waals surface area (Å²) in [5.41, 5.74) is -0.858. The molecule has 0 bridgehead atoms. The summed E-state index contributed by atoms with van der Waals surface area (Å²) in [5, 5.41) is 9.99. The van der Waals surface area contributed by atoms with Gasteiger partial charge in [-0.25, -0.2) is 23.3 Å². The standard InChI is InChI=1S/C32H35FN2O12/c1-3-23(4-2)28(38)44-20-35-24(37)15-16-34(29(35)39)27-25(45-30(40)42-17-21-11-7-5-8-12-21)26(32(33,19-36)47-27)46-31(41)43-18-22-13-9-6-10-14-22/h5-16,23,25-27,36H,3-4,17-20H2,1-2H3/t25-,26+,27-,32-/m1/s1. The number of hydrogen-bond donors (Lipinski definition) is 1. The molecule has 4 atom stereocenters. The Balaban J connectivity index is 1.63. The molecule has 0 radical (unpaired) electrons. The molecule has 1 aliphatic heterocycles. The summed E-state index contributed by atoms with van der Waals surface area (Å²) < 4.78 is 48.7. The van der Waals surface area contributed by atoms with Gasteiger partial charge in [0.1, 0.15) is 19.8 Å². The van der Waals surface area contributed by atoms with E-state index in [-0.39, 0.29) is 13.2 Å². The molecule has 0 saturated carbocycles. The number of aliphatic hydroxyl groups excluding tert-OH is 1. The van der Waals surface area contributed by atoms with Crippen LogP contribution in [-0.2, 0) is 53.2 Å². The zero-order valence-corrected chi connectivity index (χ0v) is 25.7. The zero-order chi connectivity index (χ0) is 34.0. The lowest BCUT2D eigenvalue weighted by molar-refractivity contribution is -0.210. The Labute approximate surface area is 268 Å². The monoisotopic (exact) mass is 658 g/mol. The lowest BCUT2D eigenvalue weighted by atomic mass is 10.0. The molecule has 1 fully saturated rings. The van der Waals surface area contributed by atoms with Gasteiger partial charge in [-0.15, -0.1) is 0 Å². The predicted molar refractivity (Wildman–Crippen MR) is 159 cm³/mol. The van der Waals surface area contributed by atoms with Crippen LogP contribution in [0.25, 0.3) is 0 Å². The predicted octanol–water partition coefficient (Wildman–Crippen LogP) is 3.58. The van der Waals surface area contributed by atoms with Crippen LogP contribution in [0.4, 0.5) is 14.0 Å². The van der Waals surface area contributed by atoms with Crippen molar-refractivity contribution >= 4 is 18.3 Å². The molecule has 1 N–H and O–H groups in total. The number of halogens is 1. The maximum absolute atomic E-state index is 16.2. The summed E-state index contributed by atoms with van der Waals surface area (Å²) in [6, 6.07) is 17.9. The minimum Gasteiger partial charge on any atom is -0.443 e. The second kappa shape index (κ2) is 16.0. The van der Waals surface area contributed by atoms with E-state index in [4.69, 9.17) is 28.4 Å². The minimum absolute atomic E-state index is 0.254. The first-order valence-electron chi connectivity index (χ1n) is 14.8. The largest absolute Gasteiger partial charge is 0.509 e. The Morgan fingerprint density at radius 3 is 1.96 bits per heavy atom. The first kappa shape index (κ1) is 34.8. The third kappa shape index (κ3) is 8.62. The smallest absolute Gasteiger partial charge is 0.443 e. The number of carbonyl (C=O) groups excluding carboxylic acids is 3. The SMILES string of the molecule is CCC(CC)C(=O)OCn1c(=O)ccn([C@@H]2O[C@](F)(CO)[C@@H](OC(=O)OCc3ccccc3)[C@H]2OC(=O)OCc2ccccc2)c1=O. The van der Waals surface area contributed by atoms with E-state index in [0.29, 0.717) is 33.1 Å². The number of ether oxygens (including phenoxy) is 6. The van der Waals surface area contributed by atoms with Crippen molar-refractivity contribution in [2.24, 2.45) is 5.92 Å². The van der Waals surface area contributed by atoms with Crippen molar-refractivity contribution in [1.82, 2.24) is 9.13 Å². The van der Waals surface area contributed by atoms with Crippen LogP contribution in [-0.4, -0.2) is 57.2 Å². The van der Waals surface area contributed by atoms with Crippen LogP contribution in [0.1, 0.15) is 44.0 Å². The molecule has 2 aromatic carbocycles. The maximum atomic E-state index is 16.2. The third-order valence-electron chi connectivity index (χ3n) is 7.42. The maximum Gasteiger partial charge on any atom is 0.509 e. The fourth-order valence-corrected chi connectivity index (χ4v) is 4.77. The van der Waals surface area contributed by atoms with Crippen LogP contribution in [0.2, 0.25) is 0 Å². The van der Waals surface area contributed by atoms with Gasteiger partial charge in [-0.05, 0) is 24.0 Å². The molecule has 1 saturated heterocycles. The molecule has 3 aromatic rings. The van der Waals surface area contributed by atoms with Crippen LogP contribution in [0.15, 0.2) is 82.5 Å². The van der Waals surface area contributed by atoms with E-state index in [0.717, 1.165) is 12.3 Å². The molecule has 0 spiro atoms. The van der Waals surface area contributed by atoms with Crippen LogP contribution >= 0.6 is 0 Å². The van der Waals surface area contributed by atoms with Crippen molar-refractivity contribution in [1.29, 1.82) is 0 Å². The minimum atomic E-state index is -3.23. The van der Waals surface area contributed by atoms with Gasteiger partial charge in [0.15, 0.2) is 19.1 Å². The van der Waals surface area contributed by atoms with Gasteiger partial charge < -0.3 is 33.5 Å². The summed E-state index contributed by atoms with van der Waals surface area (Å²) in [4.78, 5) is 64.0. The number of benzene rings is 2. The molecule has 252 valence electrons. The van der Waals surface area contributed by atoms with Gasteiger partial charge >= 0.3 is 24.0 Å². The molecular formula is C32H35FN2O12. The van der Waals surface area contributed by atoms with Gasteiger partial charge in [0.2, 0.25) is 6.10 Å². The number of esters is 1. The Morgan fingerprint density at radius 2 is 1.43 bits per heavy atom. The van der Waals surface area contributed by atoms with E-state index < -0.39 is 73.1 Å². The Morgan fingerprint density at radius 1 is 0.872 bits per heavy atom. The number of aliphatic hydroxyl groups is 1. The van der Waals surface area contributed by atoms with Crippen LogP contribution in [0.5, 0.6) is 0 Å². The molecule has 2 heterocycles. The number of rotatable bonds is 13. The highest BCUT2D eigenvalue weighted by Gasteiger charge is 2.62. The number of aromatic nitrogens is 2. The zero-order valence-electron chi connectivity index (χ0n) is 25.7. The molecule has 15 heteroatoms. The quantitative estimate of drug-likeness (QED) is 0.209. The molecule has 0 unspecified atom stereocenters. The summed E-state index contributed by atoms with van der Waals surface area (Å²) in [7, 11) is 0. The van der Waals surface area contributed by atoms with Crippen molar-refractivity contribution in [2.75, 3.05) is 6.61 Å². The van der Waals surface area contributed by atoms with Crippen molar-refractivity contribution in [3.63, 3.8) is 0 Å². The molecule has 14 nitrogen and oxygen atoms in total. The Kier molecular flexibility index (Phi) is 11.9. The average Bonchev–Trinajstić information content (AvgIpc) is 3.34. The van der Waals surface area contributed by atoms with Gasteiger partial charge in [0, 0.05) is 12.3 Å². The molecule has 0 amide bonds. The van der Waals surface area contributed by atoms with E-state index >= 15 is 4.39 Å². The van der Waals surface area contributed by atoms with Gasteiger partial charge in [-0.1, -0.05) is 74.5 Å². The van der Waals surface area contributed by atoms with Crippen molar-refractivity contribution in [3.8, 4) is 0 Å². The van der Waals surface area contributed by atoms with E-state index in [2.05, 4.69) is 0 Å². The number of hydrogen-bond acceptors (Lipinski definition) is 12. The van der Waals surface area contributed by atoms with Gasteiger partial charge in [-0.2, -0.15) is 0 Å². The topological polar surface area (TPSA) is 171 Å².